The molecule has 0 atom stereocenters. The fourth-order valence-electron chi connectivity index (χ4n) is 2.13. The van der Waals surface area contributed by atoms with E-state index in [-0.39, 0.29) is 0 Å². The van der Waals surface area contributed by atoms with Crippen LogP contribution in [0.5, 0.6) is 5.75 Å². The maximum Gasteiger partial charge on any atom is 0.176 e. The summed E-state index contributed by atoms with van der Waals surface area (Å²) in [7, 11) is 1.66. The van der Waals surface area contributed by atoms with E-state index in [1.54, 1.807) is 18.0 Å². The molecule has 0 unspecified atom stereocenters. The summed E-state index contributed by atoms with van der Waals surface area (Å²) in [5, 5.41) is 4.77. The van der Waals surface area contributed by atoms with Gasteiger partial charge in [-0.3, -0.25) is 0 Å². The van der Waals surface area contributed by atoms with Gasteiger partial charge in [-0.1, -0.05) is 18.0 Å². The first-order chi connectivity index (χ1) is 8.31. The smallest absolute Gasteiger partial charge is 0.176 e. The van der Waals surface area contributed by atoms with E-state index in [0.29, 0.717) is 30.2 Å². The molecule has 1 aliphatic carbocycles. The first-order valence-corrected chi connectivity index (χ1v) is 6.56. The van der Waals surface area contributed by atoms with Crippen molar-refractivity contribution in [3.63, 3.8) is 0 Å². The summed E-state index contributed by atoms with van der Waals surface area (Å²) in [5.74, 6) is 0.703. The van der Waals surface area contributed by atoms with Crippen LogP contribution in [0.15, 0.2) is 6.20 Å². The van der Waals surface area contributed by atoms with Crippen LogP contribution in [-0.2, 0) is 11.3 Å². The molecule has 1 aromatic heterocycles. The quantitative estimate of drug-likeness (QED) is 0.815. The van der Waals surface area contributed by atoms with E-state index in [1.807, 2.05) is 0 Å². The van der Waals surface area contributed by atoms with Crippen LogP contribution in [0.2, 0.25) is 5.15 Å². The zero-order valence-corrected chi connectivity index (χ0v) is 10.9. The Kier molecular flexibility index (Phi) is 4.68. The largest absolute Gasteiger partial charge is 0.486 e. The van der Waals surface area contributed by atoms with E-state index in [1.165, 1.54) is 19.3 Å². The maximum absolute atomic E-state index is 6.20. The normalized spacial score (nSPS) is 17.3. The minimum absolute atomic E-state index is 0.307. The Morgan fingerprint density at radius 1 is 1.41 bits per heavy atom. The average molecular weight is 259 g/mol. The lowest BCUT2D eigenvalue weighted by atomic mass is 9.98. The number of hydrogen-bond donors (Lipinski definition) is 0. The lowest BCUT2D eigenvalue weighted by Crippen LogP contribution is -2.19. The first kappa shape index (κ1) is 12.7. The summed E-state index contributed by atoms with van der Waals surface area (Å²) >= 11 is 6.20. The van der Waals surface area contributed by atoms with Crippen molar-refractivity contribution in [2.45, 2.75) is 44.8 Å². The predicted molar refractivity (Wildman–Crippen MR) is 66.6 cm³/mol. The maximum atomic E-state index is 6.20. The Bertz CT molecular complexity index is 348. The van der Waals surface area contributed by atoms with Crippen LogP contribution in [-0.4, -0.2) is 29.6 Å². The Labute approximate surface area is 107 Å². The molecule has 96 valence electrons. The molecular formula is C12H19ClN2O2. The van der Waals surface area contributed by atoms with Crippen molar-refractivity contribution in [1.82, 2.24) is 9.78 Å². The highest BCUT2D eigenvalue weighted by atomic mass is 35.5. The van der Waals surface area contributed by atoms with Gasteiger partial charge in [-0.15, -0.1) is 0 Å². The second-order valence-electron chi connectivity index (χ2n) is 4.39. The fourth-order valence-corrected chi connectivity index (χ4v) is 2.35. The molecule has 0 amide bonds. The molecule has 4 nitrogen and oxygen atoms in total. The number of halogens is 1. The van der Waals surface area contributed by atoms with Crippen LogP contribution in [0.4, 0.5) is 0 Å². The van der Waals surface area contributed by atoms with Gasteiger partial charge in [0.05, 0.1) is 25.5 Å². The molecule has 0 aromatic carbocycles. The average Bonchev–Trinajstić information content (AvgIpc) is 2.70. The minimum atomic E-state index is 0.307. The molecular weight excluding hydrogens is 240 g/mol. The number of rotatable bonds is 5. The topological polar surface area (TPSA) is 36.3 Å². The van der Waals surface area contributed by atoms with Gasteiger partial charge in [0.1, 0.15) is 0 Å². The van der Waals surface area contributed by atoms with E-state index in [9.17, 15) is 0 Å². The summed E-state index contributed by atoms with van der Waals surface area (Å²) in [6.07, 6.45) is 8.08. The molecule has 0 N–H and O–H groups in total. The number of nitrogens with zero attached hydrogens (tertiary/aromatic N) is 2. The second kappa shape index (κ2) is 6.26. The van der Waals surface area contributed by atoms with Crippen LogP contribution < -0.4 is 4.74 Å². The van der Waals surface area contributed by atoms with Gasteiger partial charge in [-0.05, 0) is 25.7 Å². The van der Waals surface area contributed by atoms with Crippen molar-refractivity contribution >= 4 is 11.6 Å². The molecule has 2 rings (SSSR count). The van der Waals surface area contributed by atoms with Crippen molar-refractivity contribution in [3.05, 3.63) is 11.3 Å². The first-order valence-electron chi connectivity index (χ1n) is 6.18. The third kappa shape index (κ3) is 3.36. The number of hydrogen-bond acceptors (Lipinski definition) is 3. The van der Waals surface area contributed by atoms with Crippen LogP contribution in [0.1, 0.15) is 32.1 Å². The van der Waals surface area contributed by atoms with Gasteiger partial charge in [-0.2, -0.15) is 5.10 Å². The van der Waals surface area contributed by atoms with E-state index in [2.05, 4.69) is 5.10 Å². The number of ether oxygens (including phenoxy) is 2. The van der Waals surface area contributed by atoms with Gasteiger partial charge < -0.3 is 9.47 Å². The highest BCUT2D eigenvalue weighted by Gasteiger charge is 2.18. The number of methoxy groups -OCH3 is 1. The van der Waals surface area contributed by atoms with Crippen LogP contribution in [0, 0.1) is 0 Å². The van der Waals surface area contributed by atoms with E-state index in [4.69, 9.17) is 21.1 Å². The Morgan fingerprint density at radius 2 is 2.18 bits per heavy atom. The molecule has 0 bridgehead atoms. The predicted octanol–water partition coefficient (Wildman–Crippen LogP) is 2.89. The van der Waals surface area contributed by atoms with Crippen molar-refractivity contribution in [2.24, 2.45) is 0 Å². The zero-order valence-electron chi connectivity index (χ0n) is 10.2. The molecule has 0 saturated heterocycles. The van der Waals surface area contributed by atoms with Gasteiger partial charge in [0.25, 0.3) is 0 Å². The zero-order chi connectivity index (χ0) is 12.1. The Morgan fingerprint density at radius 3 is 2.88 bits per heavy atom. The molecule has 0 radical (unpaired) electrons. The summed E-state index contributed by atoms with van der Waals surface area (Å²) in [6.45, 7) is 1.26. The van der Waals surface area contributed by atoms with Gasteiger partial charge >= 0.3 is 0 Å². The molecule has 1 fully saturated rings. The summed E-state index contributed by atoms with van der Waals surface area (Å²) < 4.78 is 12.6. The molecule has 1 saturated carbocycles. The van der Waals surface area contributed by atoms with Gasteiger partial charge in [0, 0.05) is 7.11 Å². The van der Waals surface area contributed by atoms with Crippen LogP contribution in [0.25, 0.3) is 0 Å². The van der Waals surface area contributed by atoms with E-state index >= 15 is 0 Å². The van der Waals surface area contributed by atoms with Gasteiger partial charge in [0.2, 0.25) is 0 Å². The number of aromatic nitrogens is 2. The lowest BCUT2D eigenvalue weighted by molar-refractivity contribution is 0.154. The molecule has 1 aliphatic rings. The summed E-state index contributed by atoms with van der Waals surface area (Å²) in [6, 6.07) is 0. The highest BCUT2D eigenvalue weighted by molar-refractivity contribution is 6.31. The van der Waals surface area contributed by atoms with Crippen molar-refractivity contribution in [2.75, 3.05) is 13.7 Å². The standard InChI is InChI=1S/C12H19ClN2O2/c1-16-8-7-15-12(13)11(9-14-15)17-10-5-3-2-4-6-10/h9-10H,2-8H2,1H3. The van der Waals surface area contributed by atoms with Crippen molar-refractivity contribution < 1.29 is 9.47 Å². The molecule has 17 heavy (non-hydrogen) atoms. The summed E-state index contributed by atoms with van der Waals surface area (Å²) in [5.41, 5.74) is 0. The molecule has 1 heterocycles. The van der Waals surface area contributed by atoms with Crippen molar-refractivity contribution in [3.8, 4) is 5.75 Å². The second-order valence-corrected chi connectivity index (χ2v) is 4.75. The third-order valence-electron chi connectivity index (χ3n) is 3.10. The Balaban J connectivity index is 1.93. The van der Waals surface area contributed by atoms with E-state index < -0.39 is 0 Å². The molecule has 5 heteroatoms. The minimum Gasteiger partial charge on any atom is -0.486 e. The summed E-state index contributed by atoms with van der Waals surface area (Å²) in [4.78, 5) is 0. The monoisotopic (exact) mass is 258 g/mol. The molecule has 0 spiro atoms. The lowest BCUT2D eigenvalue weighted by Gasteiger charge is -2.22. The van der Waals surface area contributed by atoms with E-state index in [0.717, 1.165) is 12.8 Å². The third-order valence-corrected chi connectivity index (χ3v) is 3.48. The molecule has 0 aliphatic heterocycles. The van der Waals surface area contributed by atoms with Crippen molar-refractivity contribution in [1.29, 1.82) is 0 Å². The SMILES string of the molecule is COCCn1ncc(OC2CCCCC2)c1Cl. The van der Waals surface area contributed by atoms with Gasteiger partial charge in [0.15, 0.2) is 10.9 Å². The van der Waals surface area contributed by atoms with Gasteiger partial charge in [-0.25, -0.2) is 4.68 Å². The van der Waals surface area contributed by atoms with Crippen LogP contribution >= 0.6 is 11.6 Å². The highest BCUT2D eigenvalue weighted by Crippen LogP contribution is 2.28. The van der Waals surface area contributed by atoms with Crippen LogP contribution in [0.3, 0.4) is 0 Å². The Hall–Kier alpha value is -0.740. The fraction of sp³-hybridized carbons (Fsp3) is 0.750. The molecule has 1 aromatic rings.